The Balaban J connectivity index is 0. The van der Waals surface area contributed by atoms with E-state index in [9.17, 15) is 9.90 Å². The van der Waals surface area contributed by atoms with Gasteiger partial charge in [-0.25, -0.2) is 0 Å². The molecule has 0 aromatic rings. The van der Waals surface area contributed by atoms with Crippen molar-refractivity contribution in [2.45, 2.75) is 25.8 Å². The maximum atomic E-state index is 9.85. The van der Waals surface area contributed by atoms with Gasteiger partial charge in [0.2, 0.25) is 0 Å². The predicted molar refractivity (Wildman–Crippen MR) is 27.9 cm³/mol. The minimum absolute atomic E-state index is 0. The molecule has 0 aliphatic heterocycles. The molecule has 0 aliphatic rings. The van der Waals surface area contributed by atoms with Crippen molar-refractivity contribution in [3.05, 3.63) is 0 Å². The summed E-state index contributed by atoms with van der Waals surface area (Å²) >= 11 is 0. The molecule has 48 valence electrons. The first-order valence-corrected chi connectivity index (χ1v) is 2.65. The third-order valence-corrected chi connectivity index (χ3v) is 0.902. The van der Waals surface area contributed by atoms with Crippen LogP contribution in [0.4, 0.5) is 0 Å². The summed E-state index contributed by atoms with van der Waals surface area (Å²) in [4.78, 5) is 9.85. The molecule has 0 fully saturated rings. The molecule has 9 heavy (non-hydrogen) atoms. The standard InChI is InChI=1S/C5H11NO2.Li/c1-2-3-4(6)5(7)8;/h4H,2-3,6H2,1H3,(H,7,8);/q;+1/p-1/t4-;/m0./s1. The van der Waals surface area contributed by atoms with Gasteiger partial charge in [-0.15, -0.1) is 0 Å². The van der Waals surface area contributed by atoms with Gasteiger partial charge < -0.3 is 15.6 Å². The normalized spacial score (nSPS) is 11.8. The second-order valence-corrected chi connectivity index (χ2v) is 1.71. The van der Waals surface area contributed by atoms with Crippen LogP contribution in [0.1, 0.15) is 19.8 Å². The van der Waals surface area contributed by atoms with Crippen molar-refractivity contribution >= 4 is 5.97 Å². The van der Waals surface area contributed by atoms with Crippen molar-refractivity contribution in [3.8, 4) is 0 Å². The summed E-state index contributed by atoms with van der Waals surface area (Å²) in [6.07, 6.45) is 1.29. The van der Waals surface area contributed by atoms with Crippen LogP contribution >= 0.6 is 0 Å². The Morgan fingerprint density at radius 2 is 2.22 bits per heavy atom. The molecule has 0 rings (SSSR count). The molecule has 0 amide bonds. The summed E-state index contributed by atoms with van der Waals surface area (Å²) < 4.78 is 0. The first-order chi connectivity index (χ1) is 3.68. The van der Waals surface area contributed by atoms with Crippen LogP contribution in [0.3, 0.4) is 0 Å². The largest absolute Gasteiger partial charge is 1.00 e. The van der Waals surface area contributed by atoms with Crippen molar-refractivity contribution < 1.29 is 28.8 Å². The van der Waals surface area contributed by atoms with E-state index in [4.69, 9.17) is 5.73 Å². The monoisotopic (exact) mass is 123 g/mol. The van der Waals surface area contributed by atoms with E-state index in [2.05, 4.69) is 0 Å². The quantitative estimate of drug-likeness (QED) is 0.387. The van der Waals surface area contributed by atoms with Crippen LogP contribution in [0.5, 0.6) is 0 Å². The summed E-state index contributed by atoms with van der Waals surface area (Å²) in [7, 11) is 0. The van der Waals surface area contributed by atoms with E-state index >= 15 is 0 Å². The Labute approximate surface area is 66.8 Å². The third-order valence-electron chi connectivity index (χ3n) is 0.902. The average molecular weight is 123 g/mol. The van der Waals surface area contributed by atoms with E-state index in [1.807, 2.05) is 6.92 Å². The smallest absolute Gasteiger partial charge is 0.548 e. The van der Waals surface area contributed by atoms with E-state index in [-0.39, 0.29) is 18.9 Å². The Kier molecular flexibility index (Phi) is 8.05. The van der Waals surface area contributed by atoms with Gasteiger partial charge in [-0.3, -0.25) is 0 Å². The zero-order valence-corrected chi connectivity index (χ0v) is 5.89. The van der Waals surface area contributed by atoms with Gasteiger partial charge in [-0.2, -0.15) is 0 Å². The molecule has 0 aromatic carbocycles. The molecular weight excluding hydrogens is 113 g/mol. The number of nitrogens with two attached hydrogens (primary N) is 1. The SMILES string of the molecule is CCC[C@H](N)C(=O)[O-].[Li+]. The van der Waals surface area contributed by atoms with Gasteiger partial charge in [-0.1, -0.05) is 13.3 Å². The Hall–Kier alpha value is 0.0274. The number of aliphatic carboxylic acids is 1. The average Bonchev–Trinajstić information content (AvgIpc) is 1.67. The zero-order chi connectivity index (χ0) is 6.57. The van der Waals surface area contributed by atoms with Gasteiger partial charge >= 0.3 is 18.9 Å². The molecule has 0 aliphatic carbocycles. The summed E-state index contributed by atoms with van der Waals surface area (Å²) in [5, 5.41) is 9.85. The summed E-state index contributed by atoms with van der Waals surface area (Å²) in [5.41, 5.74) is 5.06. The van der Waals surface area contributed by atoms with E-state index in [0.29, 0.717) is 6.42 Å². The van der Waals surface area contributed by atoms with Crippen LogP contribution in [0.15, 0.2) is 0 Å². The molecule has 0 unspecified atom stereocenters. The molecule has 0 bridgehead atoms. The van der Waals surface area contributed by atoms with E-state index < -0.39 is 12.0 Å². The predicted octanol–water partition coefficient (Wildman–Crippen LogP) is -4.13. The van der Waals surface area contributed by atoms with Crippen LogP contribution < -0.4 is 29.7 Å². The molecule has 0 saturated heterocycles. The van der Waals surface area contributed by atoms with Crippen LogP contribution in [-0.4, -0.2) is 12.0 Å². The van der Waals surface area contributed by atoms with E-state index in [1.54, 1.807) is 0 Å². The van der Waals surface area contributed by atoms with Crippen LogP contribution in [0.2, 0.25) is 0 Å². The number of carboxylic acids is 1. The topological polar surface area (TPSA) is 66.2 Å². The van der Waals surface area contributed by atoms with Gasteiger partial charge in [-0.05, 0) is 6.42 Å². The van der Waals surface area contributed by atoms with Gasteiger partial charge in [0.1, 0.15) is 0 Å². The van der Waals surface area contributed by atoms with Gasteiger partial charge in [0.15, 0.2) is 0 Å². The molecule has 0 aromatic heterocycles. The second-order valence-electron chi connectivity index (χ2n) is 1.71. The van der Waals surface area contributed by atoms with Crippen LogP contribution in [0, 0.1) is 0 Å². The second kappa shape index (κ2) is 6.15. The van der Waals surface area contributed by atoms with Crippen LogP contribution in [0.25, 0.3) is 0 Å². The minimum Gasteiger partial charge on any atom is -0.548 e. The molecule has 0 heterocycles. The zero-order valence-electron chi connectivity index (χ0n) is 5.89. The maximum Gasteiger partial charge on any atom is 1.00 e. The molecule has 0 radical (unpaired) electrons. The third kappa shape index (κ3) is 5.91. The molecule has 4 heteroatoms. The number of rotatable bonds is 3. The Bertz CT molecular complexity index is 87.0. The molecule has 3 nitrogen and oxygen atoms in total. The van der Waals surface area contributed by atoms with Gasteiger partial charge in [0.25, 0.3) is 0 Å². The number of carbonyl (C=O) groups excluding carboxylic acids is 1. The maximum absolute atomic E-state index is 9.85. The summed E-state index contributed by atoms with van der Waals surface area (Å²) in [6.45, 7) is 1.88. The number of hydrogen-bond donors (Lipinski definition) is 1. The Morgan fingerprint density at radius 1 is 1.78 bits per heavy atom. The molecule has 0 saturated carbocycles. The first-order valence-electron chi connectivity index (χ1n) is 2.65. The minimum atomic E-state index is -1.16. The number of hydrogen-bond acceptors (Lipinski definition) is 3. The van der Waals surface area contributed by atoms with Gasteiger partial charge in [0, 0.05) is 6.04 Å². The molecule has 1 atom stereocenters. The fourth-order valence-corrected chi connectivity index (χ4v) is 0.429. The Morgan fingerprint density at radius 3 is 2.33 bits per heavy atom. The van der Waals surface area contributed by atoms with Crippen molar-refractivity contribution in [1.82, 2.24) is 0 Å². The van der Waals surface area contributed by atoms with E-state index in [1.165, 1.54) is 0 Å². The molecular formula is C5H10LiNO2. The van der Waals surface area contributed by atoms with Crippen molar-refractivity contribution in [1.29, 1.82) is 0 Å². The van der Waals surface area contributed by atoms with E-state index in [0.717, 1.165) is 6.42 Å². The van der Waals surface area contributed by atoms with Gasteiger partial charge in [0.05, 0.1) is 5.97 Å². The molecule has 0 spiro atoms. The summed E-state index contributed by atoms with van der Waals surface area (Å²) in [6, 6.07) is -0.778. The fourth-order valence-electron chi connectivity index (χ4n) is 0.429. The van der Waals surface area contributed by atoms with Crippen molar-refractivity contribution in [3.63, 3.8) is 0 Å². The van der Waals surface area contributed by atoms with Crippen molar-refractivity contribution in [2.75, 3.05) is 0 Å². The van der Waals surface area contributed by atoms with Crippen molar-refractivity contribution in [2.24, 2.45) is 5.73 Å². The number of carboxylic acid groups (broad SMARTS) is 1. The summed E-state index contributed by atoms with van der Waals surface area (Å²) in [5.74, 6) is -1.16. The number of carbonyl (C=O) groups is 1. The first kappa shape index (κ1) is 11.8. The van der Waals surface area contributed by atoms with Crippen LogP contribution in [-0.2, 0) is 4.79 Å². The molecule has 2 N–H and O–H groups in total. The fraction of sp³-hybridized carbons (Fsp3) is 0.800.